The molecule has 0 heterocycles. The van der Waals surface area contributed by atoms with E-state index in [4.69, 9.17) is 0 Å². The van der Waals surface area contributed by atoms with Crippen molar-refractivity contribution in [3.63, 3.8) is 0 Å². The lowest BCUT2D eigenvalue weighted by Gasteiger charge is -2.23. The molecule has 2 aromatic carbocycles. The monoisotopic (exact) mass is 353 g/mol. The zero-order chi connectivity index (χ0) is 19.2. The van der Waals surface area contributed by atoms with E-state index in [9.17, 15) is 9.59 Å². The van der Waals surface area contributed by atoms with Crippen LogP contribution >= 0.6 is 0 Å². The van der Waals surface area contributed by atoms with Gasteiger partial charge in [-0.15, -0.1) is 0 Å². The molecule has 0 fully saturated rings. The Morgan fingerprint density at radius 1 is 0.885 bits per heavy atom. The minimum atomic E-state index is -0.283. The van der Waals surface area contributed by atoms with Gasteiger partial charge in [-0.3, -0.25) is 14.5 Å². The van der Waals surface area contributed by atoms with E-state index < -0.39 is 0 Å². The molecule has 2 N–H and O–H groups in total. The summed E-state index contributed by atoms with van der Waals surface area (Å²) in [6, 6.07) is 17.6. The quantitative estimate of drug-likeness (QED) is 0.839. The van der Waals surface area contributed by atoms with Crippen molar-refractivity contribution in [1.29, 1.82) is 0 Å². The number of nitrogens with zero attached hydrogens (tertiary/aromatic N) is 1. The molecule has 0 radical (unpaired) electrons. The number of carbonyl (C=O) groups is 2. The van der Waals surface area contributed by atoms with Crippen LogP contribution in [0.2, 0.25) is 0 Å². The van der Waals surface area contributed by atoms with Gasteiger partial charge in [-0.2, -0.15) is 0 Å². The highest BCUT2D eigenvalue weighted by atomic mass is 16.2. The van der Waals surface area contributed by atoms with E-state index >= 15 is 0 Å². The van der Waals surface area contributed by atoms with Gasteiger partial charge in [0.2, 0.25) is 11.8 Å². The number of benzene rings is 2. The fourth-order valence-corrected chi connectivity index (χ4v) is 2.66. The summed E-state index contributed by atoms with van der Waals surface area (Å²) in [6.45, 7) is 6.10. The van der Waals surface area contributed by atoms with Gasteiger partial charge in [0, 0.05) is 16.8 Å². The van der Waals surface area contributed by atoms with Crippen LogP contribution in [0.4, 0.5) is 5.69 Å². The first-order chi connectivity index (χ1) is 12.2. The molecule has 2 amide bonds. The van der Waals surface area contributed by atoms with Crippen LogP contribution in [-0.2, 0) is 9.59 Å². The van der Waals surface area contributed by atoms with Crippen LogP contribution in [0.5, 0.6) is 0 Å². The molecule has 0 aliphatic rings. The molecule has 26 heavy (non-hydrogen) atoms. The molecule has 0 unspecified atom stereocenters. The van der Waals surface area contributed by atoms with Gasteiger partial charge in [0.1, 0.15) is 0 Å². The number of anilines is 1. The first-order valence-electron chi connectivity index (χ1n) is 8.68. The van der Waals surface area contributed by atoms with Crippen molar-refractivity contribution in [2.45, 2.75) is 26.3 Å². The summed E-state index contributed by atoms with van der Waals surface area (Å²) in [6.07, 6.45) is 0. The summed E-state index contributed by atoms with van der Waals surface area (Å²) in [5.74, 6) is -0.253. The van der Waals surface area contributed by atoms with Crippen molar-refractivity contribution in [2.75, 3.05) is 25.5 Å². The minimum absolute atomic E-state index is 0.0996. The van der Waals surface area contributed by atoms with Crippen molar-refractivity contribution in [2.24, 2.45) is 0 Å². The maximum Gasteiger partial charge on any atom is 0.238 e. The van der Waals surface area contributed by atoms with Crippen LogP contribution in [0.1, 0.15) is 20.8 Å². The van der Waals surface area contributed by atoms with Gasteiger partial charge in [0.15, 0.2) is 0 Å². The van der Waals surface area contributed by atoms with Crippen molar-refractivity contribution in [3.05, 3.63) is 54.6 Å². The smallest absolute Gasteiger partial charge is 0.238 e. The second kappa shape index (κ2) is 8.63. The second-order valence-electron chi connectivity index (χ2n) is 7.43. The van der Waals surface area contributed by atoms with Crippen molar-refractivity contribution in [1.82, 2.24) is 10.2 Å². The van der Waals surface area contributed by atoms with Gasteiger partial charge < -0.3 is 10.6 Å². The number of likely N-dealkylation sites (N-methyl/N-ethyl adjacent to an activating group) is 1. The van der Waals surface area contributed by atoms with Crippen molar-refractivity contribution < 1.29 is 9.59 Å². The average Bonchev–Trinajstić information content (AvgIpc) is 2.54. The number of para-hydroxylation sites is 1. The Morgan fingerprint density at radius 3 is 2.12 bits per heavy atom. The number of hydrogen-bond donors (Lipinski definition) is 2. The van der Waals surface area contributed by atoms with Gasteiger partial charge in [0.05, 0.1) is 13.1 Å². The fourth-order valence-electron chi connectivity index (χ4n) is 2.66. The van der Waals surface area contributed by atoms with Gasteiger partial charge in [0.25, 0.3) is 0 Å². The zero-order valence-corrected chi connectivity index (χ0v) is 15.9. The third-order valence-corrected chi connectivity index (χ3v) is 3.63. The maximum absolute atomic E-state index is 12.4. The number of nitrogens with one attached hydrogen (secondary N) is 2. The fraction of sp³-hybridized carbons (Fsp3) is 0.333. The predicted octanol–water partition coefficient (Wildman–Crippen LogP) is 3.14. The summed E-state index contributed by atoms with van der Waals surface area (Å²) >= 11 is 0. The van der Waals surface area contributed by atoms with E-state index in [0.717, 1.165) is 16.8 Å². The van der Waals surface area contributed by atoms with Gasteiger partial charge >= 0.3 is 0 Å². The average molecular weight is 353 g/mol. The van der Waals surface area contributed by atoms with Crippen LogP contribution in [-0.4, -0.2) is 42.4 Å². The van der Waals surface area contributed by atoms with Crippen LogP contribution in [0.25, 0.3) is 11.1 Å². The molecule has 0 atom stereocenters. The molecule has 0 bridgehead atoms. The number of hydrogen-bond acceptors (Lipinski definition) is 3. The molecule has 5 heteroatoms. The summed E-state index contributed by atoms with van der Waals surface area (Å²) in [7, 11) is 1.75. The first-order valence-corrected chi connectivity index (χ1v) is 8.68. The molecule has 0 aliphatic heterocycles. The molecule has 2 rings (SSSR count). The highest BCUT2D eigenvalue weighted by Crippen LogP contribution is 2.27. The predicted molar refractivity (Wildman–Crippen MR) is 106 cm³/mol. The summed E-state index contributed by atoms with van der Waals surface area (Å²) < 4.78 is 0. The molecular weight excluding hydrogens is 326 g/mol. The van der Waals surface area contributed by atoms with Crippen molar-refractivity contribution >= 4 is 17.5 Å². The van der Waals surface area contributed by atoms with Crippen molar-refractivity contribution in [3.8, 4) is 11.1 Å². The van der Waals surface area contributed by atoms with Gasteiger partial charge in [-0.1, -0.05) is 48.5 Å². The molecular formula is C21H27N3O2. The third-order valence-electron chi connectivity index (χ3n) is 3.63. The normalized spacial score (nSPS) is 11.3. The standard InChI is InChI=1S/C21H27N3O2/c1-21(2,3)23-20(26)15-24(4)14-19(25)22-18-13-9-8-12-17(18)16-10-6-5-7-11-16/h5-13H,14-15H2,1-4H3,(H,22,25)(H,23,26). The molecule has 0 spiro atoms. The molecule has 138 valence electrons. The molecule has 0 aromatic heterocycles. The number of amides is 2. The van der Waals surface area contributed by atoms with E-state index in [2.05, 4.69) is 10.6 Å². The van der Waals surface area contributed by atoms with Crippen LogP contribution < -0.4 is 10.6 Å². The van der Waals surface area contributed by atoms with Gasteiger partial charge in [-0.05, 0) is 39.4 Å². The molecule has 0 aliphatic carbocycles. The lowest BCUT2D eigenvalue weighted by molar-refractivity contribution is -0.124. The Bertz CT molecular complexity index is 751. The molecule has 0 saturated carbocycles. The largest absolute Gasteiger partial charge is 0.350 e. The SMILES string of the molecule is CN(CC(=O)Nc1ccccc1-c1ccccc1)CC(=O)NC(C)(C)C. The lowest BCUT2D eigenvalue weighted by atomic mass is 10.0. The maximum atomic E-state index is 12.4. The second-order valence-corrected chi connectivity index (χ2v) is 7.43. The Labute approximate surface area is 155 Å². The summed E-state index contributed by atoms with van der Waals surface area (Å²) in [5, 5.41) is 5.84. The van der Waals surface area contributed by atoms with Crippen LogP contribution in [0.3, 0.4) is 0 Å². The topological polar surface area (TPSA) is 61.4 Å². The van der Waals surface area contributed by atoms with Crippen LogP contribution in [0, 0.1) is 0 Å². The Balaban J connectivity index is 1.97. The van der Waals surface area contributed by atoms with E-state index in [1.165, 1.54) is 0 Å². The van der Waals surface area contributed by atoms with E-state index in [1.807, 2.05) is 75.4 Å². The Kier molecular flexibility index (Phi) is 6.52. The zero-order valence-electron chi connectivity index (χ0n) is 15.9. The highest BCUT2D eigenvalue weighted by molar-refractivity contribution is 5.96. The Morgan fingerprint density at radius 2 is 1.46 bits per heavy atom. The molecule has 5 nitrogen and oxygen atoms in total. The third kappa shape index (κ3) is 6.33. The van der Waals surface area contributed by atoms with Crippen LogP contribution in [0.15, 0.2) is 54.6 Å². The van der Waals surface area contributed by atoms with E-state index in [0.29, 0.717) is 0 Å². The Hall–Kier alpha value is -2.66. The van der Waals surface area contributed by atoms with E-state index in [1.54, 1.807) is 11.9 Å². The molecule has 0 saturated heterocycles. The minimum Gasteiger partial charge on any atom is -0.350 e. The number of rotatable bonds is 6. The first kappa shape index (κ1) is 19.7. The number of carbonyl (C=O) groups excluding carboxylic acids is 2. The highest BCUT2D eigenvalue weighted by Gasteiger charge is 2.17. The lowest BCUT2D eigenvalue weighted by Crippen LogP contribution is -2.46. The summed E-state index contributed by atoms with van der Waals surface area (Å²) in [5.41, 5.74) is 2.49. The molecule has 2 aromatic rings. The summed E-state index contributed by atoms with van der Waals surface area (Å²) in [4.78, 5) is 26.0. The van der Waals surface area contributed by atoms with Gasteiger partial charge in [-0.25, -0.2) is 0 Å². The van der Waals surface area contributed by atoms with E-state index in [-0.39, 0.29) is 30.4 Å².